The second-order valence-electron chi connectivity index (χ2n) is 7.49. The number of amides is 2. The number of carbonyl (C=O) groups excluding carboxylic acids is 2. The zero-order chi connectivity index (χ0) is 21.2. The Kier molecular flexibility index (Phi) is 8.18. The van der Waals surface area contributed by atoms with E-state index in [1.54, 1.807) is 4.90 Å². The van der Waals surface area contributed by atoms with Gasteiger partial charge in [-0.25, -0.2) is 0 Å². The Balaban J connectivity index is 1.48. The number of piperazine rings is 1. The van der Waals surface area contributed by atoms with E-state index in [-0.39, 0.29) is 12.3 Å². The Labute approximate surface area is 178 Å². The summed E-state index contributed by atoms with van der Waals surface area (Å²) in [6, 6.07) is 19.7. The molecule has 6 heteroatoms. The molecule has 2 amide bonds. The number of benzene rings is 2. The highest BCUT2D eigenvalue weighted by Crippen LogP contribution is 2.15. The lowest BCUT2D eigenvalue weighted by Gasteiger charge is -2.35. The van der Waals surface area contributed by atoms with E-state index in [2.05, 4.69) is 34.1 Å². The maximum Gasteiger partial charge on any atom is 0.241 e. The van der Waals surface area contributed by atoms with E-state index in [9.17, 15) is 9.59 Å². The molecule has 0 atom stereocenters. The lowest BCUT2D eigenvalue weighted by atomic mass is 10.2. The summed E-state index contributed by atoms with van der Waals surface area (Å²) in [7, 11) is 0. The summed E-state index contributed by atoms with van der Waals surface area (Å²) in [4.78, 5) is 30.4. The molecule has 1 aliphatic rings. The highest BCUT2D eigenvalue weighted by molar-refractivity contribution is 5.95. The number of rotatable bonds is 9. The van der Waals surface area contributed by atoms with Crippen molar-refractivity contribution >= 4 is 23.6 Å². The van der Waals surface area contributed by atoms with Gasteiger partial charge in [-0.15, -0.1) is 0 Å². The van der Waals surface area contributed by atoms with E-state index >= 15 is 0 Å². The predicted molar refractivity (Wildman–Crippen MR) is 121 cm³/mol. The average Bonchev–Trinajstić information content (AvgIpc) is 2.76. The first-order valence-electron chi connectivity index (χ1n) is 10.4. The lowest BCUT2D eigenvalue weighted by molar-refractivity contribution is -0.120. The molecule has 0 saturated carbocycles. The maximum atomic E-state index is 12.9. The Morgan fingerprint density at radius 3 is 2.13 bits per heavy atom. The molecule has 1 aliphatic heterocycles. The van der Waals surface area contributed by atoms with Gasteiger partial charge in [0.25, 0.3) is 0 Å². The summed E-state index contributed by atoms with van der Waals surface area (Å²) in [5.41, 5.74) is 7.30. The summed E-state index contributed by atoms with van der Waals surface area (Å²) in [5, 5.41) is 0. The number of nitrogens with zero attached hydrogens (tertiary/aromatic N) is 3. The molecule has 3 rings (SSSR count). The SMILES string of the molecule is NC(=O)CCN(C(=O)CN1CCN(C/C=C/c2ccccc2)CC1)c1ccccc1. The van der Waals surface area contributed by atoms with Gasteiger partial charge in [0.15, 0.2) is 0 Å². The van der Waals surface area contributed by atoms with Crippen molar-refractivity contribution in [1.29, 1.82) is 0 Å². The minimum Gasteiger partial charge on any atom is -0.370 e. The number of para-hydroxylation sites is 1. The molecule has 1 heterocycles. The fraction of sp³-hybridized carbons (Fsp3) is 0.333. The first kappa shape index (κ1) is 21.7. The van der Waals surface area contributed by atoms with Crippen LogP contribution in [0.2, 0.25) is 0 Å². The molecule has 0 spiro atoms. The molecular formula is C24H30N4O2. The number of anilines is 1. The van der Waals surface area contributed by atoms with Gasteiger partial charge in [-0.2, -0.15) is 0 Å². The maximum absolute atomic E-state index is 12.9. The topological polar surface area (TPSA) is 69.9 Å². The van der Waals surface area contributed by atoms with E-state index in [1.165, 1.54) is 5.56 Å². The fourth-order valence-electron chi connectivity index (χ4n) is 3.54. The number of nitrogens with two attached hydrogens (primary N) is 1. The number of hydrogen-bond donors (Lipinski definition) is 1. The zero-order valence-corrected chi connectivity index (χ0v) is 17.3. The average molecular weight is 407 g/mol. The van der Waals surface area contributed by atoms with Gasteiger partial charge < -0.3 is 10.6 Å². The molecule has 0 radical (unpaired) electrons. The molecule has 30 heavy (non-hydrogen) atoms. The molecule has 0 unspecified atom stereocenters. The fourth-order valence-corrected chi connectivity index (χ4v) is 3.54. The van der Waals surface area contributed by atoms with Gasteiger partial charge >= 0.3 is 0 Å². The van der Waals surface area contributed by atoms with E-state index in [0.29, 0.717) is 13.1 Å². The van der Waals surface area contributed by atoms with Gasteiger partial charge in [0, 0.05) is 51.4 Å². The van der Waals surface area contributed by atoms with Gasteiger partial charge in [0.1, 0.15) is 0 Å². The van der Waals surface area contributed by atoms with E-state index in [4.69, 9.17) is 5.73 Å². The van der Waals surface area contributed by atoms with Crippen LogP contribution in [-0.2, 0) is 9.59 Å². The molecule has 0 aliphatic carbocycles. The predicted octanol–water partition coefficient (Wildman–Crippen LogP) is 2.23. The van der Waals surface area contributed by atoms with Crippen molar-refractivity contribution in [2.24, 2.45) is 5.73 Å². The molecule has 158 valence electrons. The van der Waals surface area contributed by atoms with Crippen LogP contribution in [0.5, 0.6) is 0 Å². The Morgan fingerprint density at radius 2 is 1.50 bits per heavy atom. The third-order valence-electron chi connectivity index (χ3n) is 5.25. The van der Waals surface area contributed by atoms with Crippen LogP contribution < -0.4 is 10.6 Å². The van der Waals surface area contributed by atoms with Crippen LogP contribution in [0.15, 0.2) is 66.7 Å². The molecule has 6 nitrogen and oxygen atoms in total. The first-order valence-corrected chi connectivity index (χ1v) is 10.4. The molecule has 0 bridgehead atoms. The largest absolute Gasteiger partial charge is 0.370 e. The lowest BCUT2D eigenvalue weighted by Crippen LogP contribution is -2.50. The minimum atomic E-state index is -0.402. The normalized spacial score (nSPS) is 15.3. The zero-order valence-electron chi connectivity index (χ0n) is 17.3. The van der Waals surface area contributed by atoms with Crippen molar-refractivity contribution in [2.45, 2.75) is 6.42 Å². The van der Waals surface area contributed by atoms with Crippen LogP contribution in [0.4, 0.5) is 5.69 Å². The molecule has 2 aromatic rings. The Hall–Kier alpha value is -2.96. The molecule has 2 N–H and O–H groups in total. The van der Waals surface area contributed by atoms with Gasteiger partial charge in [0.05, 0.1) is 6.54 Å². The van der Waals surface area contributed by atoms with Crippen molar-refractivity contribution in [3.63, 3.8) is 0 Å². The molecule has 1 saturated heterocycles. The van der Waals surface area contributed by atoms with Crippen molar-refractivity contribution < 1.29 is 9.59 Å². The van der Waals surface area contributed by atoms with Gasteiger partial charge in [-0.3, -0.25) is 19.4 Å². The van der Waals surface area contributed by atoms with Gasteiger partial charge in [-0.1, -0.05) is 60.7 Å². The van der Waals surface area contributed by atoms with Crippen molar-refractivity contribution in [3.8, 4) is 0 Å². The first-order chi connectivity index (χ1) is 14.6. The summed E-state index contributed by atoms with van der Waals surface area (Å²) >= 11 is 0. The summed E-state index contributed by atoms with van der Waals surface area (Å²) in [6.45, 7) is 5.13. The second kappa shape index (κ2) is 11.3. The highest BCUT2D eigenvalue weighted by Gasteiger charge is 2.22. The molecule has 1 fully saturated rings. The Bertz CT molecular complexity index is 831. The van der Waals surface area contributed by atoms with Crippen molar-refractivity contribution in [1.82, 2.24) is 9.80 Å². The summed E-state index contributed by atoms with van der Waals surface area (Å²) < 4.78 is 0. The van der Waals surface area contributed by atoms with Crippen LogP contribution in [0.3, 0.4) is 0 Å². The van der Waals surface area contributed by atoms with Crippen molar-refractivity contribution in [3.05, 3.63) is 72.3 Å². The Morgan fingerprint density at radius 1 is 0.900 bits per heavy atom. The van der Waals surface area contributed by atoms with Crippen molar-refractivity contribution in [2.75, 3.05) is 50.7 Å². The van der Waals surface area contributed by atoms with Crippen LogP contribution >= 0.6 is 0 Å². The third-order valence-corrected chi connectivity index (χ3v) is 5.25. The third kappa shape index (κ3) is 6.83. The van der Waals surface area contributed by atoms with Gasteiger partial charge in [0.2, 0.25) is 11.8 Å². The monoisotopic (exact) mass is 406 g/mol. The summed E-state index contributed by atoms with van der Waals surface area (Å²) in [6.07, 6.45) is 4.49. The van der Waals surface area contributed by atoms with E-state index < -0.39 is 5.91 Å². The van der Waals surface area contributed by atoms with E-state index in [0.717, 1.165) is 38.4 Å². The highest BCUT2D eigenvalue weighted by atomic mass is 16.2. The standard InChI is InChI=1S/C24H30N4O2/c25-23(29)13-15-28(22-11-5-2-6-12-22)24(30)20-27-18-16-26(17-19-27)14-7-10-21-8-3-1-4-9-21/h1-12H,13-20H2,(H2,25,29)/b10-7+. The minimum absolute atomic E-state index is 0.000117. The van der Waals surface area contributed by atoms with Crippen LogP contribution in [-0.4, -0.2) is 67.4 Å². The van der Waals surface area contributed by atoms with Crippen LogP contribution in [0, 0.1) is 0 Å². The van der Waals surface area contributed by atoms with Crippen LogP contribution in [0.25, 0.3) is 6.08 Å². The quantitative estimate of drug-likeness (QED) is 0.693. The number of hydrogen-bond acceptors (Lipinski definition) is 4. The second-order valence-corrected chi connectivity index (χ2v) is 7.49. The smallest absolute Gasteiger partial charge is 0.241 e. The van der Waals surface area contributed by atoms with Crippen LogP contribution in [0.1, 0.15) is 12.0 Å². The number of carbonyl (C=O) groups is 2. The number of primary amides is 1. The summed E-state index contributed by atoms with van der Waals surface area (Å²) in [5.74, 6) is -0.402. The van der Waals surface area contributed by atoms with Gasteiger partial charge in [-0.05, 0) is 17.7 Å². The van der Waals surface area contributed by atoms with E-state index in [1.807, 2.05) is 48.5 Å². The molecule has 2 aromatic carbocycles. The molecular weight excluding hydrogens is 376 g/mol. The molecule has 0 aromatic heterocycles.